The number of hydrogen-bond donors (Lipinski definition) is 0. The van der Waals surface area contributed by atoms with Crippen molar-refractivity contribution in [2.24, 2.45) is 0 Å². The quantitative estimate of drug-likeness (QED) is 0.752. The topological polar surface area (TPSA) is 60.5 Å². The normalized spacial score (nSPS) is 10.5. The molecule has 0 aliphatic rings. The summed E-state index contributed by atoms with van der Waals surface area (Å²) in [4.78, 5) is 16.2. The van der Waals surface area contributed by atoms with E-state index in [1.807, 2.05) is 48.3 Å². The molecule has 0 spiro atoms. The van der Waals surface area contributed by atoms with Crippen LogP contribution in [0.25, 0.3) is 0 Å². The summed E-state index contributed by atoms with van der Waals surface area (Å²) in [6.07, 6.45) is 1.90. The van der Waals surface area contributed by atoms with Crippen molar-refractivity contribution >= 4 is 5.91 Å². The number of hydrogen-bond acceptors (Lipinski definition) is 4. The van der Waals surface area contributed by atoms with E-state index in [4.69, 9.17) is 9.68 Å². The third-order valence-corrected chi connectivity index (χ3v) is 3.47. The molecule has 0 aliphatic heterocycles. The Hall–Kier alpha value is -2.58. The van der Waals surface area contributed by atoms with Crippen LogP contribution in [-0.4, -0.2) is 35.8 Å². The molecule has 0 saturated carbocycles. The number of benzene rings is 1. The van der Waals surface area contributed by atoms with Gasteiger partial charge in [0.05, 0.1) is 31.8 Å². The van der Waals surface area contributed by atoms with Crippen LogP contribution in [0.2, 0.25) is 0 Å². The minimum atomic E-state index is -0.00455. The lowest BCUT2D eigenvalue weighted by Gasteiger charge is -2.24. The second-order valence-corrected chi connectivity index (χ2v) is 5.46. The minimum absolute atomic E-state index is 0.00455. The maximum absolute atomic E-state index is 12.5. The predicted molar refractivity (Wildman–Crippen MR) is 87.1 cm³/mol. The van der Waals surface area contributed by atoms with Gasteiger partial charge in [0.15, 0.2) is 0 Å². The Morgan fingerprint density at radius 1 is 1.17 bits per heavy atom. The van der Waals surface area contributed by atoms with Crippen molar-refractivity contribution in [1.82, 2.24) is 9.80 Å². The molecule has 1 amide bonds. The number of rotatable bonds is 8. The number of amides is 1. The third kappa shape index (κ3) is 5.61. The summed E-state index contributed by atoms with van der Waals surface area (Å²) in [5.41, 5.74) is 1.16. The monoisotopic (exact) mass is 311 g/mol. The summed E-state index contributed by atoms with van der Waals surface area (Å²) >= 11 is 0. The SMILES string of the molecule is CN(CC(=O)N(CCC#N)Cc1ccco1)Cc1ccccc1. The van der Waals surface area contributed by atoms with Gasteiger partial charge in [0.25, 0.3) is 0 Å². The van der Waals surface area contributed by atoms with Crippen molar-refractivity contribution in [2.45, 2.75) is 19.5 Å². The Bertz CT molecular complexity index is 632. The number of carbonyl (C=O) groups is 1. The molecule has 0 unspecified atom stereocenters. The molecule has 120 valence electrons. The molecule has 0 atom stereocenters. The van der Waals surface area contributed by atoms with Crippen molar-refractivity contribution < 1.29 is 9.21 Å². The molecular weight excluding hydrogens is 290 g/mol. The highest BCUT2D eigenvalue weighted by molar-refractivity contribution is 5.78. The smallest absolute Gasteiger partial charge is 0.237 e. The van der Waals surface area contributed by atoms with Gasteiger partial charge in [-0.2, -0.15) is 5.26 Å². The van der Waals surface area contributed by atoms with Crippen LogP contribution in [-0.2, 0) is 17.9 Å². The zero-order valence-corrected chi connectivity index (χ0v) is 13.3. The number of nitriles is 1. The Morgan fingerprint density at radius 3 is 2.61 bits per heavy atom. The fourth-order valence-corrected chi connectivity index (χ4v) is 2.35. The molecular formula is C18H21N3O2. The second kappa shape index (κ2) is 8.76. The van der Waals surface area contributed by atoms with Crippen molar-refractivity contribution in [3.63, 3.8) is 0 Å². The molecule has 5 nitrogen and oxygen atoms in total. The molecule has 23 heavy (non-hydrogen) atoms. The molecule has 2 rings (SSSR count). The van der Waals surface area contributed by atoms with Crippen LogP contribution in [0.15, 0.2) is 53.1 Å². The highest BCUT2D eigenvalue weighted by Gasteiger charge is 2.17. The second-order valence-electron chi connectivity index (χ2n) is 5.46. The highest BCUT2D eigenvalue weighted by atomic mass is 16.3. The van der Waals surface area contributed by atoms with Crippen molar-refractivity contribution in [1.29, 1.82) is 5.26 Å². The highest BCUT2D eigenvalue weighted by Crippen LogP contribution is 2.08. The fourth-order valence-electron chi connectivity index (χ4n) is 2.35. The molecule has 1 aromatic carbocycles. The fraction of sp³-hybridized carbons (Fsp3) is 0.333. The van der Waals surface area contributed by atoms with Crippen LogP contribution >= 0.6 is 0 Å². The molecule has 0 bridgehead atoms. The molecule has 1 heterocycles. The summed E-state index contributed by atoms with van der Waals surface area (Å²) in [6, 6.07) is 15.7. The van der Waals surface area contributed by atoms with Crippen LogP contribution in [0.3, 0.4) is 0 Å². The summed E-state index contributed by atoms with van der Waals surface area (Å²) in [6.45, 7) is 1.82. The largest absolute Gasteiger partial charge is 0.467 e. The summed E-state index contributed by atoms with van der Waals surface area (Å²) in [5.74, 6) is 0.720. The molecule has 0 aliphatic carbocycles. The number of nitrogens with zero attached hydrogens (tertiary/aromatic N) is 3. The molecule has 2 aromatic rings. The lowest BCUT2D eigenvalue weighted by Crippen LogP contribution is -2.38. The Labute approximate surface area is 136 Å². The zero-order valence-electron chi connectivity index (χ0n) is 13.3. The number of likely N-dealkylation sites (N-methyl/N-ethyl adjacent to an activating group) is 1. The van der Waals surface area contributed by atoms with Gasteiger partial charge in [-0.3, -0.25) is 9.69 Å². The Balaban J connectivity index is 1.92. The summed E-state index contributed by atoms with van der Waals surface area (Å²) in [5, 5.41) is 8.78. The van der Waals surface area contributed by atoms with Crippen molar-refractivity contribution in [3.05, 3.63) is 60.1 Å². The maximum atomic E-state index is 12.5. The van der Waals surface area contributed by atoms with E-state index in [1.54, 1.807) is 17.2 Å². The Kier molecular flexibility index (Phi) is 6.40. The first kappa shape index (κ1) is 16.8. The van der Waals surface area contributed by atoms with Gasteiger partial charge in [0.2, 0.25) is 5.91 Å². The van der Waals surface area contributed by atoms with Gasteiger partial charge in [0.1, 0.15) is 5.76 Å². The van der Waals surface area contributed by atoms with E-state index in [-0.39, 0.29) is 5.91 Å². The summed E-state index contributed by atoms with van der Waals surface area (Å²) < 4.78 is 5.30. The molecule has 0 saturated heterocycles. The van der Waals surface area contributed by atoms with Crippen LogP contribution < -0.4 is 0 Å². The average Bonchev–Trinajstić information content (AvgIpc) is 3.05. The summed E-state index contributed by atoms with van der Waals surface area (Å²) in [7, 11) is 1.92. The van der Waals surface area contributed by atoms with Gasteiger partial charge in [-0.05, 0) is 24.7 Å². The van der Waals surface area contributed by atoms with Gasteiger partial charge in [-0.15, -0.1) is 0 Å². The van der Waals surface area contributed by atoms with E-state index in [1.165, 1.54) is 0 Å². The standard InChI is InChI=1S/C18H21N3O2/c1-20(13-16-7-3-2-4-8-16)15-18(22)21(11-6-10-19)14-17-9-5-12-23-17/h2-5,7-9,12H,6,11,13-15H2,1H3. The van der Waals surface area contributed by atoms with E-state index < -0.39 is 0 Å². The van der Waals surface area contributed by atoms with Gasteiger partial charge in [0, 0.05) is 13.1 Å². The van der Waals surface area contributed by atoms with Gasteiger partial charge < -0.3 is 9.32 Å². The molecule has 0 N–H and O–H groups in total. The average molecular weight is 311 g/mol. The van der Waals surface area contributed by atoms with E-state index in [0.29, 0.717) is 32.6 Å². The predicted octanol–water partition coefficient (Wildman–Crippen LogP) is 2.65. The number of furan rings is 1. The molecule has 1 aromatic heterocycles. The zero-order chi connectivity index (χ0) is 16.5. The first-order valence-electron chi connectivity index (χ1n) is 7.58. The lowest BCUT2D eigenvalue weighted by molar-refractivity contribution is -0.133. The van der Waals surface area contributed by atoms with Crippen LogP contribution in [0.1, 0.15) is 17.7 Å². The van der Waals surface area contributed by atoms with Crippen molar-refractivity contribution in [2.75, 3.05) is 20.1 Å². The maximum Gasteiger partial charge on any atom is 0.237 e. The van der Waals surface area contributed by atoms with E-state index in [0.717, 1.165) is 11.3 Å². The van der Waals surface area contributed by atoms with Crippen LogP contribution in [0.4, 0.5) is 0 Å². The van der Waals surface area contributed by atoms with E-state index in [9.17, 15) is 4.79 Å². The van der Waals surface area contributed by atoms with Crippen LogP contribution in [0, 0.1) is 11.3 Å². The van der Waals surface area contributed by atoms with E-state index >= 15 is 0 Å². The minimum Gasteiger partial charge on any atom is -0.467 e. The van der Waals surface area contributed by atoms with E-state index in [2.05, 4.69) is 6.07 Å². The molecule has 0 fully saturated rings. The first-order valence-corrected chi connectivity index (χ1v) is 7.58. The van der Waals surface area contributed by atoms with Crippen molar-refractivity contribution in [3.8, 4) is 6.07 Å². The lowest BCUT2D eigenvalue weighted by atomic mass is 10.2. The third-order valence-electron chi connectivity index (χ3n) is 3.47. The Morgan fingerprint density at radius 2 is 1.96 bits per heavy atom. The number of carbonyl (C=O) groups excluding carboxylic acids is 1. The van der Waals surface area contributed by atoms with Gasteiger partial charge >= 0.3 is 0 Å². The van der Waals surface area contributed by atoms with Crippen LogP contribution in [0.5, 0.6) is 0 Å². The molecule has 5 heteroatoms. The van der Waals surface area contributed by atoms with Gasteiger partial charge in [-0.1, -0.05) is 30.3 Å². The van der Waals surface area contributed by atoms with Gasteiger partial charge in [-0.25, -0.2) is 0 Å². The molecule has 0 radical (unpaired) electrons. The first-order chi connectivity index (χ1) is 11.2.